The summed E-state index contributed by atoms with van der Waals surface area (Å²) < 4.78 is 10.4. The van der Waals surface area contributed by atoms with E-state index >= 15 is 0 Å². The second-order valence-electron chi connectivity index (χ2n) is 7.45. The molecule has 1 aliphatic rings. The van der Waals surface area contributed by atoms with Crippen LogP contribution in [0.4, 0.5) is 5.69 Å². The third-order valence-corrected chi connectivity index (χ3v) is 5.67. The van der Waals surface area contributed by atoms with Gasteiger partial charge in [-0.15, -0.1) is 11.6 Å². The van der Waals surface area contributed by atoms with E-state index in [1.54, 1.807) is 55.5 Å². The number of hydrogen-bond acceptors (Lipinski definition) is 6. The molecule has 0 aromatic heterocycles. The Kier molecular flexibility index (Phi) is 8.47. The summed E-state index contributed by atoms with van der Waals surface area (Å²) in [5.74, 6) is -2.31. The van der Waals surface area contributed by atoms with Crippen molar-refractivity contribution in [1.29, 1.82) is 0 Å². The highest BCUT2D eigenvalue weighted by atomic mass is 35.5. The van der Waals surface area contributed by atoms with Crippen LogP contribution in [-0.4, -0.2) is 48.8 Å². The third kappa shape index (κ3) is 6.12. The minimum absolute atomic E-state index is 0.0405. The second-order valence-corrected chi connectivity index (χ2v) is 8.26. The molecule has 174 valence electrons. The Morgan fingerprint density at radius 3 is 2.30 bits per heavy atom. The summed E-state index contributed by atoms with van der Waals surface area (Å²) in [4.78, 5) is 51.4. The lowest BCUT2D eigenvalue weighted by molar-refractivity contribution is -0.151. The maximum absolute atomic E-state index is 12.8. The standard InChI is InChI=1S/C24H23Cl2NO6/c1-2-32-23(30)16-5-9-19(10-6-16)27-14-17(13-21(27)28)24(31)33-20(11-12-25)22(29)15-3-7-18(26)8-4-15/h3-10,17,20H,2,11-14H2,1H3/t17-,20+/m1/s1. The number of ether oxygens (including phenoxy) is 2. The Hall–Kier alpha value is -2.90. The zero-order valence-corrected chi connectivity index (χ0v) is 19.5. The highest BCUT2D eigenvalue weighted by Gasteiger charge is 2.38. The molecule has 9 heteroatoms. The van der Waals surface area contributed by atoms with Gasteiger partial charge in [0.1, 0.15) is 0 Å². The minimum Gasteiger partial charge on any atom is -0.462 e. The number of amides is 1. The van der Waals surface area contributed by atoms with Crippen LogP contribution < -0.4 is 4.90 Å². The van der Waals surface area contributed by atoms with Crippen molar-refractivity contribution < 1.29 is 28.7 Å². The summed E-state index contributed by atoms with van der Waals surface area (Å²) in [6.45, 7) is 2.09. The summed E-state index contributed by atoms with van der Waals surface area (Å²) in [6, 6.07) is 12.6. The lowest BCUT2D eigenvalue weighted by atomic mass is 10.0. The molecule has 0 radical (unpaired) electrons. The molecule has 0 unspecified atom stereocenters. The SMILES string of the molecule is CCOC(=O)c1ccc(N2C[C@H](C(=O)O[C@@H](CCCl)C(=O)c3ccc(Cl)cc3)CC2=O)cc1. The van der Waals surface area contributed by atoms with Crippen molar-refractivity contribution in [2.75, 3.05) is 23.9 Å². The van der Waals surface area contributed by atoms with E-state index in [4.69, 9.17) is 32.7 Å². The van der Waals surface area contributed by atoms with Crippen LogP contribution >= 0.6 is 23.2 Å². The quantitative estimate of drug-likeness (QED) is 0.295. The van der Waals surface area contributed by atoms with Gasteiger partial charge >= 0.3 is 11.9 Å². The number of anilines is 1. The van der Waals surface area contributed by atoms with Crippen LogP contribution in [0.3, 0.4) is 0 Å². The van der Waals surface area contributed by atoms with Crippen molar-refractivity contribution in [2.24, 2.45) is 5.92 Å². The predicted octanol–water partition coefficient (Wildman–Crippen LogP) is 4.29. The van der Waals surface area contributed by atoms with E-state index in [1.165, 1.54) is 4.90 Å². The first-order chi connectivity index (χ1) is 15.8. The Balaban J connectivity index is 1.66. The van der Waals surface area contributed by atoms with Crippen LogP contribution in [0.1, 0.15) is 40.5 Å². The first-order valence-corrected chi connectivity index (χ1v) is 11.4. The fraction of sp³-hybridized carbons (Fsp3) is 0.333. The van der Waals surface area contributed by atoms with Gasteiger partial charge in [0.15, 0.2) is 6.10 Å². The van der Waals surface area contributed by atoms with Gasteiger partial charge in [0.25, 0.3) is 0 Å². The number of esters is 2. The fourth-order valence-corrected chi connectivity index (χ4v) is 3.81. The Bertz CT molecular complexity index is 1020. The molecule has 0 saturated carbocycles. The van der Waals surface area contributed by atoms with E-state index in [9.17, 15) is 19.2 Å². The molecule has 1 amide bonds. The van der Waals surface area contributed by atoms with Gasteiger partial charge in [0.2, 0.25) is 11.7 Å². The monoisotopic (exact) mass is 491 g/mol. The average molecular weight is 492 g/mol. The average Bonchev–Trinajstić information content (AvgIpc) is 3.21. The van der Waals surface area contributed by atoms with E-state index in [2.05, 4.69) is 0 Å². The number of carbonyl (C=O) groups excluding carboxylic acids is 4. The van der Waals surface area contributed by atoms with Crippen molar-refractivity contribution in [1.82, 2.24) is 0 Å². The molecule has 2 atom stereocenters. The first-order valence-electron chi connectivity index (χ1n) is 10.5. The molecule has 2 aromatic rings. The molecular weight excluding hydrogens is 469 g/mol. The number of alkyl halides is 1. The van der Waals surface area contributed by atoms with Crippen LogP contribution in [0.5, 0.6) is 0 Å². The van der Waals surface area contributed by atoms with Gasteiger partial charge < -0.3 is 14.4 Å². The molecule has 0 spiro atoms. The molecule has 3 rings (SSSR count). The maximum atomic E-state index is 12.8. The van der Waals surface area contributed by atoms with Crippen LogP contribution in [0, 0.1) is 5.92 Å². The number of benzene rings is 2. The molecule has 7 nitrogen and oxygen atoms in total. The largest absolute Gasteiger partial charge is 0.462 e. The van der Waals surface area contributed by atoms with Crippen LogP contribution in [0.2, 0.25) is 5.02 Å². The van der Waals surface area contributed by atoms with Gasteiger partial charge in [-0.05, 0) is 55.5 Å². The normalized spacial score (nSPS) is 16.4. The first kappa shape index (κ1) is 24.7. The molecule has 1 fully saturated rings. The van der Waals surface area contributed by atoms with Gasteiger partial charge in [0.05, 0.1) is 18.1 Å². The maximum Gasteiger partial charge on any atom is 0.338 e. The van der Waals surface area contributed by atoms with Crippen LogP contribution in [0.15, 0.2) is 48.5 Å². The van der Waals surface area contributed by atoms with Gasteiger partial charge in [0, 0.05) is 41.5 Å². The number of nitrogens with zero attached hydrogens (tertiary/aromatic N) is 1. The lowest BCUT2D eigenvalue weighted by Crippen LogP contribution is -2.32. The Labute approximate surface area is 201 Å². The van der Waals surface area contributed by atoms with Crippen molar-refractivity contribution in [3.8, 4) is 0 Å². The van der Waals surface area contributed by atoms with Crippen molar-refractivity contribution in [3.05, 3.63) is 64.7 Å². The van der Waals surface area contributed by atoms with Crippen LogP contribution in [-0.2, 0) is 19.1 Å². The molecule has 1 saturated heterocycles. The van der Waals surface area contributed by atoms with E-state index in [0.29, 0.717) is 21.8 Å². The number of carbonyl (C=O) groups is 4. The van der Waals surface area contributed by atoms with Crippen LogP contribution in [0.25, 0.3) is 0 Å². The van der Waals surface area contributed by atoms with Gasteiger partial charge in [-0.25, -0.2) is 4.79 Å². The second kappa shape index (κ2) is 11.3. The summed E-state index contributed by atoms with van der Waals surface area (Å²) >= 11 is 11.7. The van der Waals surface area contributed by atoms with E-state index in [-0.39, 0.29) is 43.6 Å². The molecule has 33 heavy (non-hydrogen) atoms. The molecular formula is C24H23Cl2NO6. The molecule has 2 aromatic carbocycles. The molecule has 1 aliphatic heterocycles. The lowest BCUT2D eigenvalue weighted by Gasteiger charge is -2.19. The number of ketones is 1. The number of rotatable bonds is 9. The van der Waals surface area contributed by atoms with Gasteiger partial charge in [-0.2, -0.15) is 0 Å². The van der Waals surface area contributed by atoms with Crippen molar-refractivity contribution >= 4 is 52.5 Å². The molecule has 0 bridgehead atoms. The van der Waals surface area contributed by atoms with E-state index in [0.717, 1.165) is 0 Å². The molecule has 1 heterocycles. The Morgan fingerprint density at radius 1 is 1.06 bits per heavy atom. The topological polar surface area (TPSA) is 90.0 Å². The van der Waals surface area contributed by atoms with E-state index < -0.39 is 24.0 Å². The summed E-state index contributed by atoms with van der Waals surface area (Å²) in [5.41, 5.74) is 1.28. The highest BCUT2D eigenvalue weighted by molar-refractivity contribution is 6.30. The van der Waals surface area contributed by atoms with Gasteiger partial charge in [-0.3, -0.25) is 14.4 Å². The predicted molar refractivity (Wildman–Crippen MR) is 124 cm³/mol. The molecule has 0 N–H and O–H groups in total. The van der Waals surface area contributed by atoms with Crippen molar-refractivity contribution in [2.45, 2.75) is 25.9 Å². The number of halogens is 2. The summed E-state index contributed by atoms with van der Waals surface area (Å²) in [6.07, 6.45) is -0.945. The zero-order valence-electron chi connectivity index (χ0n) is 18.0. The van der Waals surface area contributed by atoms with Gasteiger partial charge in [-0.1, -0.05) is 11.6 Å². The highest BCUT2D eigenvalue weighted by Crippen LogP contribution is 2.27. The van der Waals surface area contributed by atoms with E-state index in [1.807, 2.05) is 0 Å². The number of Topliss-reactive ketones (excluding diaryl/α,β-unsaturated/α-hetero) is 1. The molecule has 0 aliphatic carbocycles. The third-order valence-electron chi connectivity index (χ3n) is 5.20. The Morgan fingerprint density at radius 2 is 1.70 bits per heavy atom. The number of hydrogen-bond donors (Lipinski definition) is 0. The summed E-state index contributed by atoms with van der Waals surface area (Å²) in [5, 5.41) is 0.484. The smallest absolute Gasteiger partial charge is 0.338 e. The van der Waals surface area contributed by atoms with Crippen molar-refractivity contribution in [3.63, 3.8) is 0 Å². The fourth-order valence-electron chi connectivity index (χ4n) is 3.49. The summed E-state index contributed by atoms with van der Waals surface area (Å²) in [7, 11) is 0. The zero-order chi connectivity index (χ0) is 24.0. The minimum atomic E-state index is -1.05.